The number of aromatic nitrogens is 1. The van der Waals surface area contributed by atoms with E-state index in [-0.39, 0.29) is 22.6 Å². The number of carbonyl (C=O) groups excluding carboxylic acids is 2. The van der Waals surface area contributed by atoms with Crippen LogP contribution in [0.15, 0.2) is 35.6 Å². The highest BCUT2D eigenvalue weighted by Gasteiger charge is 2.26. The van der Waals surface area contributed by atoms with Crippen molar-refractivity contribution in [2.24, 2.45) is 11.0 Å². The van der Waals surface area contributed by atoms with Gasteiger partial charge in [-0.15, -0.1) is 0 Å². The van der Waals surface area contributed by atoms with Crippen LogP contribution in [-0.4, -0.2) is 65.5 Å². The molecule has 0 bridgehead atoms. The number of thioether (sulfide) groups is 1. The number of methoxy groups -OCH3 is 1. The van der Waals surface area contributed by atoms with Gasteiger partial charge in [0.05, 0.1) is 13.3 Å². The maximum atomic E-state index is 13.6. The molecule has 0 spiro atoms. The number of benzene rings is 1. The van der Waals surface area contributed by atoms with Crippen LogP contribution in [0, 0.1) is 17.8 Å². The maximum absolute atomic E-state index is 13.6. The molecular weight excluding hydrogens is 550 g/mol. The van der Waals surface area contributed by atoms with E-state index in [4.69, 9.17) is 4.74 Å². The van der Waals surface area contributed by atoms with Gasteiger partial charge in [-0.05, 0) is 48.9 Å². The number of halogens is 2. The number of amides is 2. The number of hydrogen-bond acceptors (Lipinski definition) is 8. The minimum atomic E-state index is -2.79. The number of carbonyl (C=O) groups is 2. The number of nitrogens with zero attached hydrogens (tertiary/aromatic N) is 4. The number of anilines is 1. The van der Waals surface area contributed by atoms with Crippen LogP contribution in [0.1, 0.15) is 56.1 Å². The Morgan fingerprint density at radius 3 is 2.49 bits per heavy atom. The monoisotopic (exact) mass is 584 g/mol. The Kier molecular flexibility index (Phi) is 10.0. The zero-order chi connectivity index (χ0) is 29.5. The van der Waals surface area contributed by atoms with Crippen LogP contribution >= 0.6 is 11.8 Å². The summed E-state index contributed by atoms with van der Waals surface area (Å²) in [6.07, 6.45) is 0.678. The predicted octanol–water partition coefficient (Wildman–Crippen LogP) is 4.47. The average Bonchev–Trinajstić information content (AvgIpc) is 3.73. The molecule has 1 saturated heterocycles. The average molecular weight is 585 g/mol. The number of pyridine rings is 1. The first kappa shape index (κ1) is 30.1. The number of hydrogen-bond donors (Lipinski definition) is 2. The summed E-state index contributed by atoms with van der Waals surface area (Å²) in [4.78, 5) is 32.9. The van der Waals surface area contributed by atoms with Crippen LogP contribution in [-0.2, 0) is 4.79 Å². The Morgan fingerprint density at radius 1 is 1.12 bits per heavy atom. The first-order chi connectivity index (χ1) is 19.8. The van der Waals surface area contributed by atoms with E-state index < -0.39 is 18.0 Å². The van der Waals surface area contributed by atoms with Gasteiger partial charge in [-0.25, -0.2) is 8.78 Å². The van der Waals surface area contributed by atoms with E-state index in [2.05, 4.69) is 37.6 Å². The number of alkyl halides is 2. The van der Waals surface area contributed by atoms with Gasteiger partial charge >= 0.3 is 0 Å². The Hall–Kier alpha value is -3.85. The van der Waals surface area contributed by atoms with Gasteiger partial charge in [0.2, 0.25) is 5.91 Å². The topological polar surface area (TPSA) is 99.2 Å². The first-order valence-electron chi connectivity index (χ1n) is 13.6. The van der Waals surface area contributed by atoms with E-state index in [1.54, 1.807) is 24.0 Å². The summed E-state index contributed by atoms with van der Waals surface area (Å²) in [7, 11) is 1.42. The number of nitrogens with one attached hydrogen (secondary N) is 2. The molecule has 9 nitrogen and oxygen atoms in total. The highest BCUT2D eigenvalue weighted by Crippen LogP contribution is 2.37. The number of ether oxygens (including phenoxy) is 1. The molecule has 2 N–H and O–H groups in total. The van der Waals surface area contributed by atoms with Gasteiger partial charge in [-0.3, -0.25) is 25.3 Å². The SMILES string of the molecule is CC.COc1cnc(C(F)F)cc1-c1cc(N2CCN(C(C)=O)CC2)ccc1C(=O)NC1=NNC(C#CC2CC2)S1. The van der Waals surface area contributed by atoms with Gasteiger partial charge in [0, 0.05) is 61.4 Å². The number of piperazine rings is 1. The summed E-state index contributed by atoms with van der Waals surface area (Å²) in [5.74, 6) is 6.59. The molecule has 1 saturated carbocycles. The van der Waals surface area contributed by atoms with Crippen molar-refractivity contribution in [2.75, 3.05) is 38.2 Å². The molecule has 5 rings (SSSR count). The quantitative estimate of drug-likeness (QED) is 0.501. The van der Waals surface area contributed by atoms with Gasteiger partial charge in [-0.2, -0.15) is 5.10 Å². The van der Waals surface area contributed by atoms with Crippen LogP contribution in [0.5, 0.6) is 5.75 Å². The van der Waals surface area contributed by atoms with E-state index in [1.165, 1.54) is 31.1 Å². The second-order valence-corrected chi connectivity index (χ2v) is 10.5. The molecule has 1 atom stereocenters. The van der Waals surface area contributed by atoms with Crippen molar-refractivity contribution in [1.29, 1.82) is 0 Å². The van der Waals surface area contributed by atoms with Crippen molar-refractivity contribution in [2.45, 2.75) is 45.4 Å². The lowest BCUT2D eigenvalue weighted by atomic mass is 9.97. The molecule has 41 heavy (non-hydrogen) atoms. The third-order valence-electron chi connectivity index (χ3n) is 6.69. The lowest BCUT2D eigenvalue weighted by molar-refractivity contribution is -0.129. The number of hydrazone groups is 1. The molecule has 1 aromatic carbocycles. The molecule has 3 heterocycles. The molecule has 3 aliphatic rings. The molecule has 2 aromatic rings. The van der Waals surface area contributed by atoms with Crippen molar-refractivity contribution < 1.29 is 23.1 Å². The molecule has 218 valence electrons. The van der Waals surface area contributed by atoms with Gasteiger partial charge in [0.15, 0.2) is 10.5 Å². The number of rotatable bonds is 5. The summed E-state index contributed by atoms with van der Waals surface area (Å²) in [5.41, 5.74) is 4.29. The second-order valence-electron chi connectivity index (χ2n) is 9.39. The van der Waals surface area contributed by atoms with E-state index in [1.807, 2.05) is 19.9 Å². The summed E-state index contributed by atoms with van der Waals surface area (Å²) >= 11 is 1.31. The van der Waals surface area contributed by atoms with Gasteiger partial charge < -0.3 is 14.5 Å². The van der Waals surface area contributed by atoms with Crippen molar-refractivity contribution in [3.8, 4) is 28.7 Å². The highest BCUT2D eigenvalue weighted by molar-refractivity contribution is 8.14. The van der Waals surface area contributed by atoms with E-state index in [0.29, 0.717) is 48.4 Å². The van der Waals surface area contributed by atoms with Crippen molar-refractivity contribution in [1.82, 2.24) is 20.6 Å². The minimum absolute atomic E-state index is 0.0198. The molecule has 2 amide bonds. The summed E-state index contributed by atoms with van der Waals surface area (Å²) < 4.78 is 32.6. The third-order valence-corrected chi connectivity index (χ3v) is 7.56. The fourth-order valence-corrected chi connectivity index (χ4v) is 5.08. The van der Waals surface area contributed by atoms with E-state index >= 15 is 0 Å². The molecular formula is C29H34F2N6O3S. The zero-order valence-electron chi connectivity index (χ0n) is 23.5. The standard InChI is InChI=1S/C27H28F2N6O3S.C2H6/c1-16(36)34-9-11-35(12-10-34)18-6-7-19(20(13-18)21-14-22(25(28)29)30-15-23(21)38-2)26(37)31-27-33-32-24(39-27)8-5-17-3-4-17;1-2/h6-7,13-15,17,24-25,32H,3-4,9-12H2,1-2H3,(H,31,33,37);1-2H3. The van der Waals surface area contributed by atoms with E-state index in [0.717, 1.165) is 18.5 Å². The van der Waals surface area contributed by atoms with Gasteiger partial charge in [0.25, 0.3) is 12.3 Å². The Bertz CT molecular complexity index is 1360. The summed E-state index contributed by atoms with van der Waals surface area (Å²) in [5, 5.41) is 7.13. The smallest absolute Gasteiger partial charge is 0.280 e. The molecule has 1 aromatic heterocycles. The first-order valence-corrected chi connectivity index (χ1v) is 14.5. The Morgan fingerprint density at radius 2 is 1.85 bits per heavy atom. The van der Waals surface area contributed by atoms with Gasteiger partial charge in [-0.1, -0.05) is 25.7 Å². The molecule has 1 aliphatic carbocycles. The van der Waals surface area contributed by atoms with Crippen LogP contribution in [0.2, 0.25) is 0 Å². The number of amidine groups is 1. The predicted molar refractivity (Wildman–Crippen MR) is 157 cm³/mol. The Balaban J connectivity index is 0.00000189. The lowest BCUT2D eigenvalue weighted by Crippen LogP contribution is -2.48. The van der Waals surface area contributed by atoms with Crippen LogP contribution in [0.3, 0.4) is 0 Å². The molecule has 1 unspecified atom stereocenters. The second kappa shape index (κ2) is 13.7. The molecule has 0 radical (unpaired) electrons. The molecule has 12 heteroatoms. The zero-order valence-corrected chi connectivity index (χ0v) is 24.4. The third kappa shape index (κ3) is 7.47. The normalized spacial score (nSPS) is 17.9. The highest BCUT2D eigenvalue weighted by atomic mass is 32.2. The van der Waals surface area contributed by atoms with E-state index in [9.17, 15) is 18.4 Å². The fraction of sp³-hybridized carbons (Fsp3) is 0.448. The van der Waals surface area contributed by atoms with Crippen LogP contribution in [0.25, 0.3) is 11.1 Å². The minimum Gasteiger partial charge on any atom is -0.494 e. The van der Waals surface area contributed by atoms with Gasteiger partial charge in [0.1, 0.15) is 11.4 Å². The fourth-order valence-electron chi connectivity index (χ4n) is 4.37. The van der Waals surface area contributed by atoms with Crippen LogP contribution < -0.4 is 20.4 Å². The summed E-state index contributed by atoms with van der Waals surface area (Å²) in [6, 6.07) is 6.52. The molecule has 2 aliphatic heterocycles. The largest absolute Gasteiger partial charge is 0.494 e. The molecule has 2 fully saturated rings. The lowest BCUT2D eigenvalue weighted by Gasteiger charge is -2.36. The van der Waals surface area contributed by atoms with Crippen molar-refractivity contribution >= 4 is 34.4 Å². The van der Waals surface area contributed by atoms with Crippen molar-refractivity contribution in [3.63, 3.8) is 0 Å². The Labute approximate surface area is 243 Å². The van der Waals surface area contributed by atoms with Crippen molar-refractivity contribution in [3.05, 3.63) is 41.7 Å². The maximum Gasteiger partial charge on any atom is 0.280 e. The summed E-state index contributed by atoms with van der Waals surface area (Å²) in [6.45, 7) is 7.87. The van der Waals surface area contributed by atoms with Crippen LogP contribution in [0.4, 0.5) is 14.5 Å².